The van der Waals surface area contributed by atoms with Crippen LogP contribution in [0.4, 0.5) is 10.1 Å². The minimum Gasteiger partial charge on any atom is -0.472 e. The number of pyridine rings is 1. The number of anilines is 1. The zero-order chi connectivity index (χ0) is 34.0. The first-order valence-corrected chi connectivity index (χ1v) is 16.6. The molecule has 5 heterocycles. The van der Waals surface area contributed by atoms with Gasteiger partial charge in [-0.1, -0.05) is 41.4 Å². The van der Waals surface area contributed by atoms with Crippen molar-refractivity contribution < 1.29 is 28.2 Å². The van der Waals surface area contributed by atoms with E-state index in [2.05, 4.69) is 15.0 Å². The molecule has 49 heavy (non-hydrogen) atoms. The number of benzene rings is 3. The molecule has 3 aliphatic heterocycles. The SMILES string of the molecule is COC(=O)c1cc(F)c(-c2cccc3c2OCN(C(=O)c2c(Cl)cc(-c4ccc5nn(C)cc5n4)cc2Cl)C3)cc1N1C2CCC1COC2. The predicted octanol–water partition coefficient (Wildman–Crippen LogP) is 6.89. The van der Waals surface area contributed by atoms with Gasteiger partial charge in [0.2, 0.25) is 0 Å². The number of amides is 1. The average Bonchev–Trinajstić information content (AvgIpc) is 3.59. The Morgan fingerprint density at radius 3 is 2.47 bits per heavy atom. The highest BCUT2D eigenvalue weighted by Crippen LogP contribution is 2.43. The van der Waals surface area contributed by atoms with Gasteiger partial charge in [-0.25, -0.2) is 14.2 Å². The fourth-order valence-electron chi connectivity index (χ4n) is 7.16. The highest BCUT2D eigenvalue weighted by atomic mass is 35.5. The molecule has 3 aromatic carbocycles. The Balaban J connectivity index is 1.10. The molecule has 0 radical (unpaired) electrons. The molecule has 0 spiro atoms. The third kappa shape index (κ3) is 5.46. The number of aryl methyl sites for hydroxylation is 1. The van der Waals surface area contributed by atoms with Crippen molar-refractivity contribution >= 4 is 51.8 Å². The molecule has 8 rings (SSSR count). The molecular weight excluding hydrogens is 672 g/mol. The van der Waals surface area contributed by atoms with Crippen LogP contribution < -0.4 is 9.64 Å². The van der Waals surface area contributed by atoms with E-state index < -0.39 is 17.7 Å². The van der Waals surface area contributed by atoms with E-state index in [4.69, 9.17) is 37.4 Å². The molecule has 2 saturated heterocycles. The standard InChI is InChI=1S/C36H30Cl2FN5O5/c1-42-15-31-30(41-42)9-8-29(40-31)20-10-26(37)33(27(38)11-20)35(45)43-14-19-4-3-5-23(34(19)49-18-43)24-13-32(25(12-28(24)39)36(46)47-2)44-21-6-7-22(44)17-48-16-21/h3-5,8-13,15,21-22H,6-7,14,16-18H2,1-2H3. The van der Waals surface area contributed by atoms with Crippen LogP contribution in [0.15, 0.2) is 60.8 Å². The Labute approximate surface area is 290 Å². The molecular formula is C36H30Cl2FN5O5. The van der Waals surface area contributed by atoms with Crippen molar-refractivity contribution in [2.45, 2.75) is 31.5 Å². The van der Waals surface area contributed by atoms with E-state index >= 15 is 4.39 Å². The van der Waals surface area contributed by atoms with Gasteiger partial charge in [0.25, 0.3) is 5.91 Å². The van der Waals surface area contributed by atoms with Gasteiger partial charge in [0.15, 0.2) is 6.73 Å². The number of ether oxygens (including phenoxy) is 3. The largest absolute Gasteiger partial charge is 0.472 e. The molecule has 2 bridgehead atoms. The summed E-state index contributed by atoms with van der Waals surface area (Å²) in [6.45, 7) is 1.13. The van der Waals surface area contributed by atoms with Crippen molar-refractivity contribution in [1.29, 1.82) is 0 Å². The van der Waals surface area contributed by atoms with E-state index in [0.717, 1.165) is 23.9 Å². The van der Waals surface area contributed by atoms with Crippen molar-refractivity contribution in [3.63, 3.8) is 0 Å². The van der Waals surface area contributed by atoms with Crippen molar-refractivity contribution in [3.05, 3.63) is 93.3 Å². The third-order valence-electron chi connectivity index (χ3n) is 9.44. The average molecular weight is 703 g/mol. The Morgan fingerprint density at radius 1 is 0.980 bits per heavy atom. The Bertz CT molecular complexity index is 2130. The van der Waals surface area contributed by atoms with Crippen LogP contribution in [0.25, 0.3) is 33.4 Å². The molecule has 0 N–H and O–H groups in total. The van der Waals surface area contributed by atoms with Crippen LogP contribution in [0.1, 0.15) is 39.1 Å². The number of esters is 1. The molecule has 5 aromatic rings. The number of carbonyl (C=O) groups is 2. The number of morpholine rings is 1. The van der Waals surface area contributed by atoms with Gasteiger partial charge in [-0.05, 0) is 49.2 Å². The van der Waals surface area contributed by atoms with Gasteiger partial charge < -0.3 is 24.0 Å². The number of methoxy groups -OCH3 is 1. The fourth-order valence-corrected chi connectivity index (χ4v) is 7.81. The summed E-state index contributed by atoms with van der Waals surface area (Å²) in [6, 6.07) is 15.5. The molecule has 250 valence electrons. The first-order chi connectivity index (χ1) is 23.7. The second-order valence-electron chi connectivity index (χ2n) is 12.5. The normalized spacial score (nSPS) is 18.4. The number of hydrogen-bond acceptors (Lipinski definition) is 8. The summed E-state index contributed by atoms with van der Waals surface area (Å²) in [5.74, 6) is -1.15. The Hall–Kier alpha value is -4.71. The highest BCUT2D eigenvalue weighted by molar-refractivity contribution is 6.40. The number of hydrogen-bond donors (Lipinski definition) is 0. The molecule has 0 aliphatic carbocycles. The lowest BCUT2D eigenvalue weighted by molar-refractivity contribution is 0.0515. The van der Waals surface area contributed by atoms with Crippen LogP contribution >= 0.6 is 23.2 Å². The molecule has 1 amide bonds. The van der Waals surface area contributed by atoms with E-state index in [1.54, 1.807) is 35.0 Å². The van der Waals surface area contributed by atoms with Crippen LogP contribution in [0.2, 0.25) is 10.0 Å². The number of carbonyl (C=O) groups excluding carboxylic acids is 2. The second kappa shape index (κ2) is 12.3. The molecule has 10 nitrogen and oxygen atoms in total. The molecule has 2 fully saturated rings. The smallest absolute Gasteiger partial charge is 0.340 e. The zero-order valence-corrected chi connectivity index (χ0v) is 28.1. The quantitative estimate of drug-likeness (QED) is 0.183. The van der Waals surface area contributed by atoms with Crippen molar-refractivity contribution in [2.75, 3.05) is 32.0 Å². The summed E-state index contributed by atoms with van der Waals surface area (Å²) in [6.07, 6.45) is 3.65. The van der Waals surface area contributed by atoms with Crippen molar-refractivity contribution in [3.8, 4) is 28.1 Å². The number of fused-ring (bicyclic) bond motifs is 4. The molecule has 0 saturated carbocycles. The fraction of sp³-hybridized carbons (Fsp3) is 0.278. The van der Waals surface area contributed by atoms with Crippen LogP contribution in [-0.4, -0.2) is 70.7 Å². The highest BCUT2D eigenvalue weighted by Gasteiger charge is 2.40. The topological polar surface area (TPSA) is 99.0 Å². The van der Waals surface area contributed by atoms with Gasteiger partial charge in [-0.3, -0.25) is 9.48 Å². The van der Waals surface area contributed by atoms with E-state index in [0.29, 0.717) is 47.0 Å². The van der Waals surface area contributed by atoms with Gasteiger partial charge >= 0.3 is 5.97 Å². The number of para-hydroxylation sites is 1. The van der Waals surface area contributed by atoms with E-state index in [-0.39, 0.29) is 52.1 Å². The van der Waals surface area contributed by atoms with Crippen LogP contribution in [0.3, 0.4) is 0 Å². The third-order valence-corrected chi connectivity index (χ3v) is 10.0. The number of rotatable bonds is 5. The lowest BCUT2D eigenvalue weighted by atomic mass is 9.96. The maximum absolute atomic E-state index is 15.9. The lowest BCUT2D eigenvalue weighted by Gasteiger charge is -2.37. The van der Waals surface area contributed by atoms with Gasteiger partial charge in [-0.2, -0.15) is 5.10 Å². The molecule has 3 aliphatic rings. The monoisotopic (exact) mass is 701 g/mol. The Kier molecular flexibility index (Phi) is 7.93. The second-order valence-corrected chi connectivity index (χ2v) is 13.3. The van der Waals surface area contributed by atoms with Gasteiger partial charge in [0.1, 0.15) is 22.6 Å². The first kappa shape index (κ1) is 31.6. The summed E-state index contributed by atoms with van der Waals surface area (Å²) in [7, 11) is 3.11. The summed E-state index contributed by atoms with van der Waals surface area (Å²) in [4.78, 5) is 35.0. The maximum atomic E-state index is 15.9. The van der Waals surface area contributed by atoms with Crippen molar-refractivity contribution in [1.82, 2.24) is 19.7 Å². The van der Waals surface area contributed by atoms with Gasteiger partial charge in [-0.15, -0.1) is 0 Å². The Morgan fingerprint density at radius 2 is 1.73 bits per heavy atom. The summed E-state index contributed by atoms with van der Waals surface area (Å²) < 4.78 is 34.6. The molecule has 13 heteroatoms. The number of nitrogens with zero attached hydrogens (tertiary/aromatic N) is 5. The first-order valence-electron chi connectivity index (χ1n) is 15.8. The summed E-state index contributed by atoms with van der Waals surface area (Å²) in [5, 5.41) is 4.71. The molecule has 2 aromatic heterocycles. The van der Waals surface area contributed by atoms with Crippen LogP contribution in [-0.2, 0) is 23.1 Å². The summed E-state index contributed by atoms with van der Waals surface area (Å²) >= 11 is 13.4. The number of aromatic nitrogens is 3. The van der Waals surface area contributed by atoms with Crippen molar-refractivity contribution in [2.24, 2.45) is 7.05 Å². The van der Waals surface area contributed by atoms with E-state index in [1.165, 1.54) is 18.1 Å². The van der Waals surface area contributed by atoms with Gasteiger partial charge in [0.05, 0.1) is 77.7 Å². The van der Waals surface area contributed by atoms with E-state index in [1.807, 2.05) is 31.4 Å². The number of halogens is 3. The maximum Gasteiger partial charge on any atom is 0.340 e. The minimum atomic E-state index is -0.608. The zero-order valence-electron chi connectivity index (χ0n) is 26.6. The molecule has 2 atom stereocenters. The van der Waals surface area contributed by atoms with Crippen LogP contribution in [0.5, 0.6) is 5.75 Å². The predicted molar refractivity (Wildman–Crippen MR) is 183 cm³/mol. The van der Waals surface area contributed by atoms with Gasteiger partial charge in [0, 0.05) is 29.3 Å². The minimum absolute atomic E-state index is 0.0785. The summed E-state index contributed by atoms with van der Waals surface area (Å²) in [5.41, 5.74) is 5.17. The molecule has 2 unspecified atom stereocenters. The lowest BCUT2D eigenvalue weighted by Crippen LogP contribution is -2.46. The van der Waals surface area contributed by atoms with E-state index in [9.17, 15) is 9.59 Å². The van der Waals surface area contributed by atoms with Crippen LogP contribution in [0, 0.1) is 5.82 Å².